The van der Waals surface area contributed by atoms with Gasteiger partial charge in [0.2, 0.25) is 0 Å². The molecule has 0 aromatic heterocycles. The van der Waals surface area contributed by atoms with Crippen molar-refractivity contribution in [1.29, 1.82) is 0 Å². The van der Waals surface area contributed by atoms with Crippen LogP contribution in [0.4, 0.5) is 17.1 Å². The van der Waals surface area contributed by atoms with Gasteiger partial charge < -0.3 is 10.0 Å². The highest BCUT2D eigenvalue weighted by Gasteiger charge is 2.46. The van der Waals surface area contributed by atoms with Crippen molar-refractivity contribution in [3.8, 4) is 16.9 Å². The molecule has 1 atom stereocenters. The summed E-state index contributed by atoms with van der Waals surface area (Å²) in [7, 11) is 0. The molecule has 0 saturated carbocycles. The number of aromatic hydroxyl groups is 1. The maximum absolute atomic E-state index is 11.2. The van der Waals surface area contributed by atoms with E-state index in [1.165, 1.54) is 55.3 Å². The van der Waals surface area contributed by atoms with Gasteiger partial charge in [-0.2, -0.15) is 0 Å². The Balaban J connectivity index is 0.00000204. The van der Waals surface area contributed by atoms with Crippen LogP contribution in [0, 0.1) is 0 Å². The van der Waals surface area contributed by atoms with Gasteiger partial charge in [-0.05, 0) is 150 Å². The molecule has 1 unspecified atom stereocenters. The number of hydrogen-bond donors (Lipinski definition) is 1. The van der Waals surface area contributed by atoms with E-state index in [4.69, 9.17) is 0 Å². The largest absolute Gasteiger partial charge is 0.507 e. The fraction of sp³-hybridized carbons (Fsp3) is 0.231. The van der Waals surface area contributed by atoms with E-state index >= 15 is 0 Å². The van der Waals surface area contributed by atoms with Crippen LogP contribution in [0.3, 0.4) is 0 Å². The zero-order valence-electron chi connectivity index (χ0n) is 42.1. The summed E-state index contributed by atoms with van der Waals surface area (Å²) in [5, 5.41) is 13.7. The molecule has 7 rings (SSSR count). The Morgan fingerprint density at radius 2 is 1.33 bits per heavy atom. The minimum Gasteiger partial charge on any atom is -0.507 e. The van der Waals surface area contributed by atoms with Crippen molar-refractivity contribution in [2.75, 3.05) is 4.90 Å². The van der Waals surface area contributed by atoms with E-state index in [0.717, 1.165) is 58.6 Å². The van der Waals surface area contributed by atoms with Gasteiger partial charge in [0.25, 0.3) is 0 Å². The summed E-state index contributed by atoms with van der Waals surface area (Å²) in [4.78, 5) is 2.45. The van der Waals surface area contributed by atoms with Crippen molar-refractivity contribution in [2.24, 2.45) is 0 Å². The molecule has 0 spiro atoms. The number of rotatable bonds is 15. The number of fused-ring (bicyclic) bond motifs is 2. The quantitative estimate of drug-likeness (QED) is 0.104. The van der Waals surface area contributed by atoms with Crippen molar-refractivity contribution < 1.29 is 5.11 Å². The number of allylic oxidation sites excluding steroid dienone is 14. The van der Waals surface area contributed by atoms with Crippen molar-refractivity contribution >= 4 is 45.1 Å². The number of nitrogens with zero attached hydrogens (tertiary/aromatic N) is 1. The predicted octanol–water partition coefficient (Wildman–Crippen LogP) is 19.4. The van der Waals surface area contributed by atoms with Crippen LogP contribution in [0.1, 0.15) is 122 Å². The number of aryl methyl sites for hydroxylation is 1. The summed E-state index contributed by atoms with van der Waals surface area (Å²) in [5.41, 5.74) is 16.4. The highest BCUT2D eigenvalue weighted by molar-refractivity contribution is 6.03. The van der Waals surface area contributed by atoms with Gasteiger partial charge in [-0.15, -0.1) is 0 Å². The molecule has 0 fully saturated rings. The van der Waals surface area contributed by atoms with Gasteiger partial charge in [0, 0.05) is 22.3 Å². The van der Waals surface area contributed by atoms with Gasteiger partial charge in [-0.25, -0.2) is 0 Å². The molecule has 67 heavy (non-hydrogen) atoms. The summed E-state index contributed by atoms with van der Waals surface area (Å²) >= 11 is 0. The molecule has 6 aromatic rings. The smallest absolute Gasteiger partial charge is 0.123 e. The van der Waals surface area contributed by atoms with Crippen LogP contribution in [0.15, 0.2) is 200 Å². The minimum atomic E-state index is -0.535. The standard InChI is InChI=1S/C61H61NO.2C2H6/c1-9-15-18-26-43(7)53-38-34-46(41-60(53)63)45-32-35-50(36-33-45)62(59-40-47(27-16-10-2)52(14-6)55-30-21-22-31-56(55)59)51-37-39-54-44(8)57(25-13-5)61(58(54)42-51,48(23-11-3)24-12-4)49-28-19-17-20-29-49;2*1-2/h9,11,13,15-42,63H,7,10,12,14H2,1-6,8H3;2*1-2H3/b15-9-,23-11-,25-13-,26-18-,27-16-,48-24+;;. The van der Waals surface area contributed by atoms with Crippen LogP contribution in [-0.4, -0.2) is 5.11 Å². The molecule has 344 valence electrons. The maximum Gasteiger partial charge on any atom is 0.123 e. The van der Waals surface area contributed by atoms with E-state index in [1.807, 2.05) is 71.1 Å². The van der Waals surface area contributed by atoms with Gasteiger partial charge in [0.15, 0.2) is 0 Å². The summed E-state index contributed by atoms with van der Waals surface area (Å²) in [6.45, 7) is 27.4. The third-order valence-corrected chi connectivity index (χ3v) is 12.3. The molecule has 0 heterocycles. The highest BCUT2D eigenvalue weighted by Crippen LogP contribution is 2.57. The summed E-state index contributed by atoms with van der Waals surface area (Å²) < 4.78 is 0. The molecule has 1 N–H and O–H groups in total. The Hall–Kier alpha value is -6.90. The molecule has 0 amide bonds. The Labute approximate surface area is 404 Å². The predicted molar refractivity (Wildman–Crippen MR) is 298 cm³/mol. The van der Waals surface area contributed by atoms with Gasteiger partial charge >= 0.3 is 0 Å². The molecule has 2 heteroatoms. The van der Waals surface area contributed by atoms with Crippen LogP contribution < -0.4 is 4.90 Å². The topological polar surface area (TPSA) is 23.5 Å². The zero-order chi connectivity index (χ0) is 48.5. The van der Waals surface area contributed by atoms with Crippen molar-refractivity contribution in [1.82, 2.24) is 0 Å². The number of phenols is 1. The molecule has 0 aliphatic heterocycles. The van der Waals surface area contributed by atoms with E-state index in [2.05, 4.69) is 205 Å². The van der Waals surface area contributed by atoms with Crippen LogP contribution in [-0.2, 0) is 11.8 Å². The fourth-order valence-electron chi connectivity index (χ4n) is 9.52. The van der Waals surface area contributed by atoms with Crippen molar-refractivity contribution in [3.63, 3.8) is 0 Å². The summed E-state index contributed by atoms with van der Waals surface area (Å²) in [5.74, 6) is 0.208. The number of hydrogen-bond acceptors (Lipinski definition) is 2. The Bertz CT molecular complexity index is 2840. The molecule has 6 aromatic carbocycles. The second-order valence-corrected chi connectivity index (χ2v) is 16.1. The lowest BCUT2D eigenvalue weighted by Crippen LogP contribution is -2.30. The highest BCUT2D eigenvalue weighted by atomic mass is 16.3. The van der Waals surface area contributed by atoms with E-state index in [-0.39, 0.29) is 5.75 Å². The number of benzene rings is 6. The first-order chi connectivity index (χ1) is 32.8. The summed E-state index contributed by atoms with van der Waals surface area (Å²) in [6, 6.07) is 44.1. The molecule has 0 saturated heterocycles. The van der Waals surface area contributed by atoms with Gasteiger partial charge in [0.1, 0.15) is 5.75 Å². The Morgan fingerprint density at radius 1 is 0.657 bits per heavy atom. The van der Waals surface area contributed by atoms with E-state index in [0.29, 0.717) is 0 Å². The van der Waals surface area contributed by atoms with E-state index in [9.17, 15) is 5.11 Å². The van der Waals surface area contributed by atoms with Crippen LogP contribution in [0.25, 0.3) is 39.1 Å². The SMILES string of the molecule is C=C(/C=C\C=C/C)c1ccc(-c2ccc(N(c3ccc4c(c3)C(C(/C=C\C)=C/CC)(c3ccccc3)C(/C=C\C)=C4C)c3cc(/C=C\CC)c(CC)c4ccccc34)cc2)cc1O.CC.CC. The zero-order valence-corrected chi connectivity index (χ0v) is 42.1. The van der Waals surface area contributed by atoms with E-state index < -0.39 is 5.41 Å². The number of phenolic OH excluding ortho intramolecular Hbond substituents is 1. The third-order valence-electron chi connectivity index (χ3n) is 12.3. The molecule has 0 radical (unpaired) electrons. The first-order valence-corrected chi connectivity index (χ1v) is 24.6. The van der Waals surface area contributed by atoms with Gasteiger partial charge in [-0.3, -0.25) is 0 Å². The molecule has 2 nitrogen and oxygen atoms in total. The average Bonchev–Trinajstić information content (AvgIpc) is 3.61. The second-order valence-electron chi connectivity index (χ2n) is 16.1. The Kier molecular flexibility index (Phi) is 18.7. The maximum atomic E-state index is 11.2. The normalized spacial score (nSPS) is 14.9. The van der Waals surface area contributed by atoms with E-state index in [1.54, 1.807) is 0 Å². The average molecular weight is 884 g/mol. The van der Waals surface area contributed by atoms with Gasteiger partial charge in [-0.1, -0.05) is 207 Å². The molecular weight excluding hydrogens is 811 g/mol. The monoisotopic (exact) mass is 884 g/mol. The lowest BCUT2D eigenvalue weighted by molar-refractivity contribution is 0.474. The Morgan fingerprint density at radius 3 is 1.96 bits per heavy atom. The first kappa shape index (κ1) is 51.1. The minimum absolute atomic E-state index is 0.208. The molecule has 0 bridgehead atoms. The van der Waals surface area contributed by atoms with Crippen LogP contribution >= 0.6 is 0 Å². The molecule has 1 aliphatic rings. The fourth-order valence-corrected chi connectivity index (χ4v) is 9.52. The van der Waals surface area contributed by atoms with Crippen LogP contribution in [0.5, 0.6) is 5.75 Å². The number of anilines is 3. The first-order valence-electron chi connectivity index (χ1n) is 24.6. The van der Waals surface area contributed by atoms with Crippen molar-refractivity contribution in [3.05, 3.63) is 233 Å². The lowest BCUT2D eigenvalue weighted by Gasteiger charge is -2.37. The third kappa shape index (κ3) is 10.4. The van der Waals surface area contributed by atoms with Crippen molar-refractivity contribution in [2.45, 2.75) is 101 Å². The lowest BCUT2D eigenvalue weighted by atomic mass is 9.65. The molecule has 1 aliphatic carbocycles. The summed E-state index contributed by atoms with van der Waals surface area (Å²) in [6.07, 6.45) is 26.6. The van der Waals surface area contributed by atoms with Gasteiger partial charge in [0.05, 0.1) is 11.1 Å². The second kappa shape index (κ2) is 24.6. The van der Waals surface area contributed by atoms with Crippen LogP contribution in [0.2, 0.25) is 0 Å². The molecular formula is C65H73NO.